The minimum absolute atomic E-state index is 0.0703. The van der Waals surface area contributed by atoms with Crippen molar-refractivity contribution < 1.29 is 14.3 Å². The van der Waals surface area contributed by atoms with Crippen LogP contribution in [0.15, 0.2) is 36.5 Å². The average molecular weight is 422 g/mol. The molecular formula is C23H27N5O3. The van der Waals surface area contributed by atoms with Crippen LogP contribution in [0.25, 0.3) is 0 Å². The van der Waals surface area contributed by atoms with Crippen molar-refractivity contribution in [3.63, 3.8) is 0 Å². The molecule has 1 aromatic carbocycles. The number of amides is 2. The summed E-state index contributed by atoms with van der Waals surface area (Å²) in [6.45, 7) is 4.67. The SMILES string of the molecule is CC[C@H]1Oc2ccc(CN3CCN(c4ccc(C(=O)NC)nc4)C4CC43)cc2NC1=O. The minimum atomic E-state index is -0.404. The monoisotopic (exact) mass is 421 g/mol. The molecule has 2 amide bonds. The second kappa shape index (κ2) is 7.85. The Bertz CT molecular complexity index is 1010. The van der Waals surface area contributed by atoms with Crippen molar-refractivity contribution in [2.75, 3.05) is 30.4 Å². The lowest BCUT2D eigenvalue weighted by Gasteiger charge is -2.35. The van der Waals surface area contributed by atoms with Crippen molar-refractivity contribution in [1.82, 2.24) is 15.2 Å². The second-order valence-electron chi connectivity index (χ2n) is 8.35. The number of aromatic nitrogens is 1. The number of hydrogen-bond acceptors (Lipinski definition) is 6. The van der Waals surface area contributed by atoms with Crippen LogP contribution >= 0.6 is 0 Å². The van der Waals surface area contributed by atoms with Gasteiger partial charge < -0.3 is 20.3 Å². The first-order valence-electron chi connectivity index (χ1n) is 10.9. The predicted octanol–water partition coefficient (Wildman–Crippen LogP) is 2.01. The molecule has 1 saturated carbocycles. The maximum absolute atomic E-state index is 12.1. The Kier molecular flexibility index (Phi) is 5.02. The molecule has 0 spiro atoms. The molecule has 2 aliphatic heterocycles. The zero-order chi connectivity index (χ0) is 21.5. The summed E-state index contributed by atoms with van der Waals surface area (Å²) in [7, 11) is 1.61. The molecule has 1 saturated heterocycles. The van der Waals surface area contributed by atoms with Gasteiger partial charge in [0.2, 0.25) is 0 Å². The van der Waals surface area contributed by atoms with E-state index in [1.807, 2.05) is 25.1 Å². The largest absolute Gasteiger partial charge is 0.478 e. The Hall–Kier alpha value is -3.13. The number of fused-ring (bicyclic) bond motifs is 2. The molecule has 0 bridgehead atoms. The summed E-state index contributed by atoms with van der Waals surface area (Å²) in [6, 6.07) is 10.8. The van der Waals surface area contributed by atoms with E-state index in [4.69, 9.17) is 4.74 Å². The number of hydrogen-bond donors (Lipinski definition) is 2. The van der Waals surface area contributed by atoms with Gasteiger partial charge in [0.1, 0.15) is 11.4 Å². The lowest BCUT2D eigenvalue weighted by molar-refractivity contribution is -0.123. The highest BCUT2D eigenvalue weighted by Gasteiger charge is 2.48. The third kappa shape index (κ3) is 3.72. The van der Waals surface area contributed by atoms with Crippen LogP contribution in [0.4, 0.5) is 11.4 Å². The van der Waals surface area contributed by atoms with Gasteiger partial charge in [-0.15, -0.1) is 0 Å². The number of pyridine rings is 1. The summed E-state index contributed by atoms with van der Waals surface area (Å²) >= 11 is 0. The summed E-state index contributed by atoms with van der Waals surface area (Å²) in [4.78, 5) is 33.0. The van der Waals surface area contributed by atoms with Gasteiger partial charge in [0.25, 0.3) is 11.8 Å². The molecule has 2 N–H and O–H groups in total. The summed E-state index contributed by atoms with van der Waals surface area (Å²) in [6.07, 6.45) is 3.18. The van der Waals surface area contributed by atoms with E-state index in [-0.39, 0.29) is 11.8 Å². The number of rotatable bonds is 5. The quantitative estimate of drug-likeness (QED) is 0.768. The average Bonchev–Trinajstić information content (AvgIpc) is 3.60. The number of anilines is 2. The van der Waals surface area contributed by atoms with Crippen LogP contribution in [0, 0.1) is 0 Å². The normalized spacial score (nSPS) is 24.5. The van der Waals surface area contributed by atoms with Crippen molar-refractivity contribution in [2.45, 2.75) is 44.5 Å². The number of carbonyl (C=O) groups is 2. The van der Waals surface area contributed by atoms with Gasteiger partial charge in [-0.3, -0.25) is 14.5 Å². The van der Waals surface area contributed by atoms with E-state index < -0.39 is 6.10 Å². The summed E-state index contributed by atoms with van der Waals surface area (Å²) in [5.41, 5.74) is 3.44. The number of ether oxygens (including phenoxy) is 1. The molecule has 1 aromatic heterocycles. The molecule has 2 aromatic rings. The van der Waals surface area contributed by atoms with Crippen LogP contribution in [-0.2, 0) is 11.3 Å². The predicted molar refractivity (Wildman–Crippen MR) is 117 cm³/mol. The smallest absolute Gasteiger partial charge is 0.269 e. The molecule has 3 heterocycles. The van der Waals surface area contributed by atoms with Crippen molar-refractivity contribution >= 4 is 23.2 Å². The van der Waals surface area contributed by atoms with Crippen molar-refractivity contribution in [2.24, 2.45) is 0 Å². The van der Waals surface area contributed by atoms with Gasteiger partial charge in [0, 0.05) is 38.8 Å². The highest BCUT2D eigenvalue weighted by molar-refractivity contribution is 5.97. The Morgan fingerprint density at radius 3 is 2.87 bits per heavy atom. The molecule has 8 heteroatoms. The van der Waals surface area contributed by atoms with Crippen LogP contribution in [0.2, 0.25) is 0 Å². The van der Waals surface area contributed by atoms with Gasteiger partial charge in [-0.1, -0.05) is 13.0 Å². The van der Waals surface area contributed by atoms with Crippen LogP contribution < -0.4 is 20.3 Å². The maximum Gasteiger partial charge on any atom is 0.269 e. The third-order valence-electron chi connectivity index (χ3n) is 6.38. The zero-order valence-corrected chi connectivity index (χ0v) is 17.8. The van der Waals surface area contributed by atoms with Crippen LogP contribution in [0.3, 0.4) is 0 Å². The topological polar surface area (TPSA) is 86.8 Å². The van der Waals surface area contributed by atoms with Crippen LogP contribution in [0.1, 0.15) is 35.8 Å². The number of carbonyl (C=O) groups excluding carboxylic acids is 2. The summed E-state index contributed by atoms with van der Waals surface area (Å²) < 4.78 is 5.80. The molecule has 0 radical (unpaired) electrons. The molecule has 3 aliphatic rings. The highest BCUT2D eigenvalue weighted by Crippen LogP contribution is 2.40. The Labute approximate surface area is 181 Å². The first-order chi connectivity index (χ1) is 15.1. The second-order valence-corrected chi connectivity index (χ2v) is 8.35. The summed E-state index contributed by atoms with van der Waals surface area (Å²) in [5, 5.41) is 5.58. The summed E-state index contributed by atoms with van der Waals surface area (Å²) in [5.74, 6) is 0.508. The molecular weight excluding hydrogens is 394 g/mol. The fraction of sp³-hybridized carbons (Fsp3) is 0.435. The Morgan fingerprint density at radius 2 is 2.13 bits per heavy atom. The van der Waals surface area contributed by atoms with Crippen molar-refractivity contribution in [3.05, 3.63) is 47.8 Å². The number of nitrogens with zero attached hydrogens (tertiary/aromatic N) is 3. The van der Waals surface area contributed by atoms with Gasteiger partial charge in [0.05, 0.1) is 17.6 Å². The molecule has 2 fully saturated rings. The first kappa shape index (κ1) is 19.8. The first-order valence-corrected chi connectivity index (χ1v) is 10.9. The Balaban J connectivity index is 1.23. The van der Waals surface area contributed by atoms with Gasteiger partial charge in [-0.25, -0.2) is 4.98 Å². The third-order valence-corrected chi connectivity index (χ3v) is 6.38. The zero-order valence-electron chi connectivity index (χ0n) is 17.8. The van der Waals surface area contributed by atoms with E-state index in [1.165, 1.54) is 5.56 Å². The van der Waals surface area contributed by atoms with Crippen LogP contribution in [0.5, 0.6) is 5.75 Å². The molecule has 162 valence electrons. The standard InChI is InChI=1S/C23H27N5O3/c1-3-20-23(30)26-17-10-14(4-7-21(17)31-20)13-27-8-9-28(19-11-18(19)27)15-5-6-16(25-12-15)22(29)24-2/h4-7,10,12,18-20H,3,8-9,11,13H2,1-2H3,(H,24,29)(H,26,30)/t18?,19?,20-/m1/s1. The van der Waals surface area contributed by atoms with Gasteiger partial charge in [0.15, 0.2) is 6.10 Å². The molecule has 31 heavy (non-hydrogen) atoms. The molecule has 3 atom stereocenters. The fourth-order valence-electron chi connectivity index (χ4n) is 4.60. The van der Waals surface area contributed by atoms with E-state index in [0.717, 1.165) is 43.2 Å². The van der Waals surface area contributed by atoms with E-state index in [1.54, 1.807) is 19.3 Å². The maximum atomic E-state index is 12.1. The molecule has 8 nitrogen and oxygen atoms in total. The van der Waals surface area contributed by atoms with E-state index in [9.17, 15) is 9.59 Å². The minimum Gasteiger partial charge on any atom is -0.478 e. The fourth-order valence-corrected chi connectivity index (χ4v) is 4.60. The number of benzene rings is 1. The van der Waals surface area contributed by atoms with Gasteiger partial charge >= 0.3 is 0 Å². The molecule has 1 aliphatic carbocycles. The van der Waals surface area contributed by atoms with Crippen LogP contribution in [-0.4, -0.2) is 60.0 Å². The van der Waals surface area contributed by atoms with Gasteiger partial charge in [-0.2, -0.15) is 0 Å². The Morgan fingerprint density at radius 1 is 1.26 bits per heavy atom. The van der Waals surface area contributed by atoms with Gasteiger partial charge in [-0.05, 0) is 42.7 Å². The van der Waals surface area contributed by atoms with E-state index in [2.05, 4.69) is 31.5 Å². The molecule has 5 rings (SSSR count). The van der Waals surface area contributed by atoms with Crippen molar-refractivity contribution in [3.8, 4) is 5.75 Å². The number of piperazine rings is 1. The molecule has 2 unspecified atom stereocenters. The lowest BCUT2D eigenvalue weighted by Crippen LogP contribution is -2.46. The lowest BCUT2D eigenvalue weighted by atomic mass is 10.1. The van der Waals surface area contributed by atoms with E-state index in [0.29, 0.717) is 24.2 Å². The van der Waals surface area contributed by atoms with E-state index >= 15 is 0 Å². The van der Waals surface area contributed by atoms with Crippen molar-refractivity contribution in [1.29, 1.82) is 0 Å². The highest BCUT2D eigenvalue weighted by atomic mass is 16.5. The number of nitrogens with one attached hydrogen (secondary N) is 2.